The van der Waals surface area contributed by atoms with Crippen LogP contribution in [-0.4, -0.2) is 31.8 Å². The Hall–Kier alpha value is -1.70. The average molecular weight is 380 g/mol. The van der Waals surface area contributed by atoms with Crippen molar-refractivity contribution in [3.05, 3.63) is 46.8 Å². The van der Waals surface area contributed by atoms with E-state index in [2.05, 4.69) is 0 Å². The lowest BCUT2D eigenvalue weighted by atomic mass is 9.98. The molecule has 0 spiro atoms. The minimum Gasteiger partial charge on any atom is -0.426 e. The van der Waals surface area contributed by atoms with E-state index >= 15 is 0 Å². The van der Waals surface area contributed by atoms with Gasteiger partial charge in [0.2, 0.25) is 0 Å². The normalized spacial score (nSPS) is 16.7. The molecule has 134 valence electrons. The van der Waals surface area contributed by atoms with Gasteiger partial charge in [-0.2, -0.15) is 4.31 Å². The van der Waals surface area contributed by atoms with E-state index in [1.807, 2.05) is 32.0 Å². The number of carbonyl (C=O) groups is 1. The number of esters is 1. The first-order valence-corrected chi connectivity index (χ1v) is 10.5. The molecule has 0 radical (unpaired) electrons. The number of hydrogen-bond acceptors (Lipinski definition) is 5. The molecular formula is C18H21NO4S2. The van der Waals surface area contributed by atoms with Crippen LogP contribution in [0.4, 0.5) is 0 Å². The van der Waals surface area contributed by atoms with Crippen molar-refractivity contribution in [1.82, 2.24) is 4.31 Å². The maximum Gasteiger partial charge on any atom is 0.314 e. The number of hydrogen-bond donors (Lipinski definition) is 0. The molecule has 1 fully saturated rings. The van der Waals surface area contributed by atoms with Gasteiger partial charge in [-0.25, -0.2) is 8.42 Å². The highest BCUT2D eigenvalue weighted by molar-refractivity contribution is 7.91. The third-order valence-corrected chi connectivity index (χ3v) is 7.56. The van der Waals surface area contributed by atoms with Crippen LogP contribution in [0.5, 0.6) is 5.75 Å². The Labute approximate surface area is 152 Å². The van der Waals surface area contributed by atoms with Crippen LogP contribution >= 0.6 is 11.3 Å². The number of sulfonamides is 1. The monoisotopic (exact) mass is 379 g/mol. The zero-order valence-electron chi connectivity index (χ0n) is 14.3. The Balaban J connectivity index is 1.61. The van der Waals surface area contributed by atoms with E-state index in [1.54, 1.807) is 17.5 Å². The smallest absolute Gasteiger partial charge is 0.314 e. The molecule has 1 aliphatic heterocycles. The van der Waals surface area contributed by atoms with Gasteiger partial charge in [-0.05, 0) is 61.4 Å². The lowest BCUT2D eigenvalue weighted by molar-refractivity contribution is -0.140. The van der Waals surface area contributed by atoms with Crippen molar-refractivity contribution in [2.45, 2.75) is 30.9 Å². The Morgan fingerprint density at radius 2 is 1.80 bits per heavy atom. The second kappa shape index (κ2) is 7.27. The van der Waals surface area contributed by atoms with E-state index < -0.39 is 10.0 Å². The van der Waals surface area contributed by atoms with Gasteiger partial charge in [-0.3, -0.25) is 4.79 Å². The maximum atomic E-state index is 12.5. The molecule has 3 rings (SSSR count). The summed E-state index contributed by atoms with van der Waals surface area (Å²) in [6.45, 7) is 4.59. The third kappa shape index (κ3) is 4.11. The van der Waals surface area contributed by atoms with Gasteiger partial charge in [0.1, 0.15) is 9.96 Å². The van der Waals surface area contributed by atoms with Crippen molar-refractivity contribution in [1.29, 1.82) is 0 Å². The number of carbonyl (C=O) groups excluding carboxylic acids is 1. The van der Waals surface area contributed by atoms with Crippen LogP contribution in [0.25, 0.3) is 0 Å². The van der Waals surface area contributed by atoms with Crippen molar-refractivity contribution in [2.75, 3.05) is 13.1 Å². The largest absolute Gasteiger partial charge is 0.426 e. The van der Waals surface area contributed by atoms with Gasteiger partial charge in [-0.1, -0.05) is 12.1 Å². The fourth-order valence-electron chi connectivity index (χ4n) is 3.06. The molecule has 0 aliphatic carbocycles. The number of piperidine rings is 1. The highest BCUT2D eigenvalue weighted by Gasteiger charge is 2.33. The molecule has 0 amide bonds. The van der Waals surface area contributed by atoms with Crippen LogP contribution in [0.1, 0.15) is 24.0 Å². The van der Waals surface area contributed by atoms with E-state index in [0.29, 0.717) is 35.9 Å². The zero-order valence-corrected chi connectivity index (χ0v) is 15.9. The molecule has 0 atom stereocenters. The first-order chi connectivity index (χ1) is 11.9. The fraction of sp³-hybridized carbons (Fsp3) is 0.389. The van der Waals surface area contributed by atoms with E-state index in [1.165, 1.54) is 15.6 Å². The average Bonchev–Trinajstić information content (AvgIpc) is 3.09. The highest BCUT2D eigenvalue weighted by Crippen LogP contribution is 2.27. The minimum atomic E-state index is -3.44. The quantitative estimate of drug-likeness (QED) is 0.603. The summed E-state index contributed by atoms with van der Waals surface area (Å²) in [5.74, 6) is 0.00455. The van der Waals surface area contributed by atoms with Crippen molar-refractivity contribution >= 4 is 27.3 Å². The third-order valence-electron chi connectivity index (χ3n) is 4.29. The Bertz CT molecular complexity index is 831. The number of nitrogens with zero attached hydrogens (tertiary/aromatic N) is 1. The summed E-state index contributed by atoms with van der Waals surface area (Å²) in [6.07, 6.45) is 0.961. The predicted octanol–water partition coefficient (Wildman–Crippen LogP) is 3.37. The Morgan fingerprint density at radius 1 is 1.16 bits per heavy atom. The second-order valence-corrected chi connectivity index (χ2v) is 9.47. The highest BCUT2D eigenvalue weighted by atomic mass is 32.2. The minimum absolute atomic E-state index is 0.268. The topological polar surface area (TPSA) is 63.7 Å². The number of thiophene rings is 1. The van der Waals surface area contributed by atoms with E-state index in [9.17, 15) is 13.2 Å². The molecule has 0 bridgehead atoms. The molecule has 1 aromatic heterocycles. The first-order valence-electron chi connectivity index (χ1n) is 8.20. The van der Waals surface area contributed by atoms with Crippen molar-refractivity contribution < 1.29 is 17.9 Å². The number of aryl methyl sites for hydroxylation is 2. The van der Waals surface area contributed by atoms with Crippen molar-refractivity contribution in [3.8, 4) is 5.75 Å². The standard InChI is InChI=1S/C18H21NO4S2/c1-13-10-14(2)12-16(11-13)23-18(20)15-5-7-19(8-6-15)25(21,22)17-4-3-9-24-17/h3-4,9-12,15H,5-8H2,1-2H3. The van der Waals surface area contributed by atoms with Crippen LogP contribution in [0.2, 0.25) is 0 Å². The SMILES string of the molecule is Cc1cc(C)cc(OC(=O)C2CCN(S(=O)(=O)c3cccs3)CC2)c1. The Kier molecular flexibility index (Phi) is 5.27. The van der Waals surface area contributed by atoms with Crippen LogP contribution < -0.4 is 4.74 Å². The lowest BCUT2D eigenvalue weighted by Gasteiger charge is -2.29. The van der Waals surface area contributed by atoms with E-state index in [0.717, 1.165) is 11.1 Å². The summed E-state index contributed by atoms with van der Waals surface area (Å²) in [6, 6.07) is 9.03. The Morgan fingerprint density at radius 3 is 2.36 bits per heavy atom. The van der Waals surface area contributed by atoms with E-state index in [4.69, 9.17) is 4.74 Å². The zero-order chi connectivity index (χ0) is 18.0. The molecule has 25 heavy (non-hydrogen) atoms. The van der Waals surface area contributed by atoms with Gasteiger partial charge in [0.25, 0.3) is 10.0 Å². The van der Waals surface area contributed by atoms with Crippen molar-refractivity contribution in [3.63, 3.8) is 0 Å². The summed E-state index contributed by atoms with van der Waals surface area (Å²) in [5.41, 5.74) is 2.08. The fourth-order valence-corrected chi connectivity index (χ4v) is 5.67. The molecule has 1 saturated heterocycles. The van der Waals surface area contributed by atoms with Gasteiger partial charge in [0.05, 0.1) is 5.92 Å². The molecule has 0 N–H and O–H groups in total. The summed E-state index contributed by atoms with van der Waals surface area (Å²) < 4.78 is 32.3. The summed E-state index contributed by atoms with van der Waals surface area (Å²) >= 11 is 1.21. The number of rotatable bonds is 4. The molecule has 2 aromatic rings. The molecule has 0 saturated carbocycles. The number of ether oxygens (including phenoxy) is 1. The molecule has 2 heterocycles. The molecule has 7 heteroatoms. The maximum absolute atomic E-state index is 12.5. The molecule has 1 aromatic carbocycles. The van der Waals surface area contributed by atoms with Crippen LogP contribution in [0.15, 0.2) is 39.9 Å². The second-order valence-electron chi connectivity index (χ2n) is 6.35. The summed E-state index contributed by atoms with van der Waals surface area (Å²) in [7, 11) is -3.44. The van der Waals surface area contributed by atoms with Crippen LogP contribution in [0, 0.1) is 19.8 Å². The predicted molar refractivity (Wildman–Crippen MR) is 97.4 cm³/mol. The van der Waals surface area contributed by atoms with Gasteiger partial charge in [0.15, 0.2) is 0 Å². The number of benzene rings is 1. The van der Waals surface area contributed by atoms with Gasteiger partial charge >= 0.3 is 5.97 Å². The van der Waals surface area contributed by atoms with Crippen LogP contribution in [-0.2, 0) is 14.8 Å². The van der Waals surface area contributed by atoms with Gasteiger partial charge in [0, 0.05) is 13.1 Å². The molecule has 1 aliphatic rings. The van der Waals surface area contributed by atoms with Gasteiger partial charge < -0.3 is 4.74 Å². The van der Waals surface area contributed by atoms with Gasteiger partial charge in [-0.15, -0.1) is 11.3 Å². The lowest BCUT2D eigenvalue weighted by Crippen LogP contribution is -2.40. The summed E-state index contributed by atoms with van der Waals surface area (Å²) in [5, 5.41) is 1.75. The van der Waals surface area contributed by atoms with Crippen molar-refractivity contribution in [2.24, 2.45) is 5.92 Å². The first kappa shape index (κ1) is 18.1. The van der Waals surface area contributed by atoms with Crippen LogP contribution in [0.3, 0.4) is 0 Å². The summed E-state index contributed by atoms with van der Waals surface area (Å²) in [4.78, 5) is 12.4. The molecule has 5 nitrogen and oxygen atoms in total. The molecular weight excluding hydrogens is 358 g/mol. The molecule has 0 unspecified atom stereocenters. The van der Waals surface area contributed by atoms with E-state index in [-0.39, 0.29) is 11.9 Å².